The van der Waals surface area contributed by atoms with Crippen molar-refractivity contribution in [3.05, 3.63) is 30.8 Å². The fraction of sp³-hybridized carbons (Fsp3) is 0.333. The topological polar surface area (TPSA) is 48.7 Å². The maximum atomic E-state index is 11.1. The van der Waals surface area contributed by atoms with E-state index in [1.165, 1.54) is 0 Å². The Balaban J connectivity index is 2.62. The lowest BCUT2D eigenvalue weighted by Crippen LogP contribution is -2.02. The van der Waals surface area contributed by atoms with Crippen molar-refractivity contribution in [3.63, 3.8) is 0 Å². The fourth-order valence-corrected chi connectivity index (χ4v) is 0.868. The lowest BCUT2D eigenvalue weighted by atomic mass is 10.4. The summed E-state index contributed by atoms with van der Waals surface area (Å²) < 4.78 is 14.4. The third kappa shape index (κ3) is 2.59. The molecule has 0 N–H and O–H groups in total. The fourth-order valence-electron chi connectivity index (χ4n) is 0.868. The predicted octanol–water partition coefficient (Wildman–Crippen LogP) is 1.76. The first-order valence-electron chi connectivity index (χ1n) is 3.90. The highest BCUT2D eigenvalue weighted by Gasteiger charge is 2.11. The molecule has 0 spiro atoms. The second-order valence-corrected chi connectivity index (χ2v) is 2.33. The monoisotopic (exact) mass is 183 g/mol. The summed E-state index contributed by atoms with van der Waals surface area (Å²) in [5.74, 6) is 0.282. The molecule has 71 valence electrons. The minimum atomic E-state index is -0.460. The summed E-state index contributed by atoms with van der Waals surface area (Å²) in [5, 5.41) is 0. The average molecular weight is 183 g/mol. The van der Waals surface area contributed by atoms with Gasteiger partial charge in [-0.3, -0.25) is 0 Å². The van der Waals surface area contributed by atoms with Crippen molar-refractivity contribution in [2.45, 2.75) is 13.5 Å². The van der Waals surface area contributed by atoms with Gasteiger partial charge in [0, 0.05) is 0 Å². The molecule has 1 rings (SSSR count). The molecule has 0 aliphatic rings. The molecule has 0 fully saturated rings. The lowest BCUT2D eigenvalue weighted by molar-refractivity contribution is 0.0484. The van der Waals surface area contributed by atoms with E-state index in [1.54, 1.807) is 19.1 Å². The summed E-state index contributed by atoms with van der Waals surface area (Å²) in [6, 6.07) is 3.20. The summed E-state index contributed by atoms with van der Waals surface area (Å²) >= 11 is 0. The van der Waals surface area contributed by atoms with Crippen molar-refractivity contribution in [2.24, 2.45) is 0 Å². The molecule has 0 saturated heterocycles. The number of furan rings is 1. The predicted molar refractivity (Wildman–Crippen MR) is 44.8 cm³/mol. The summed E-state index contributed by atoms with van der Waals surface area (Å²) in [6.07, 6.45) is 0. The number of carbonyl (C=O) groups is 1. The third-order valence-electron chi connectivity index (χ3n) is 1.38. The highest BCUT2D eigenvalue weighted by molar-refractivity contribution is 5.86. The van der Waals surface area contributed by atoms with Gasteiger partial charge in [-0.25, -0.2) is 4.79 Å². The van der Waals surface area contributed by atoms with Crippen LogP contribution in [0.4, 0.5) is 0 Å². The molecule has 13 heavy (non-hydrogen) atoms. The Bertz CT molecular complexity index is 277. The van der Waals surface area contributed by atoms with E-state index in [2.05, 4.69) is 11.8 Å². The van der Waals surface area contributed by atoms with Crippen LogP contribution in [-0.2, 0) is 16.1 Å². The van der Waals surface area contributed by atoms with Crippen molar-refractivity contribution in [1.29, 1.82) is 0 Å². The molecule has 0 saturated carbocycles. The number of carbonyl (C=O) groups excluding carboxylic acids is 1. The third-order valence-corrected chi connectivity index (χ3v) is 1.38. The Morgan fingerprint density at radius 2 is 2.38 bits per heavy atom. The SMILES string of the molecule is [CH2]OCc1ccc(C(=O)OCC)o1. The van der Waals surface area contributed by atoms with Crippen LogP contribution in [-0.4, -0.2) is 12.6 Å². The van der Waals surface area contributed by atoms with Crippen LogP contribution in [0.1, 0.15) is 23.2 Å². The normalized spacial score (nSPS) is 10.0. The molecule has 1 radical (unpaired) electrons. The highest BCUT2D eigenvalue weighted by Crippen LogP contribution is 2.09. The van der Waals surface area contributed by atoms with Gasteiger partial charge in [0.2, 0.25) is 5.76 Å². The van der Waals surface area contributed by atoms with Gasteiger partial charge in [-0.1, -0.05) is 0 Å². The first-order valence-corrected chi connectivity index (χ1v) is 3.90. The molecule has 1 aromatic rings. The molecule has 1 heterocycles. The minimum absolute atomic E-state index is 0.189. The van der Waals surface area contributed by atoms with Crippen LogP contribution >= 0.6 is 0 Å². The van der Waals surface area contributed by atoms with E-state index in [0.29, 0.717) is 12.4 Å². The molecule has 4 heteroatoms. The van der Waals surface area contributed by atoms with E-state index in [4.69, 9.17) is 9.15 Å². The molecule has 0 aliphatic carbocycles. The van der Waals surface area contributed by atoms with Gasteiger partial charge >= 0.3 is 5.97 Å². The summed E-state index contributed by atoms with van der Waals surface area (Å²) in [6.45, 7) is 2.32. The molecule has 0 amide bonds. The molecule has 4 nitrogen and oxygen atoms in total. The van der Waals surface area contributed by atoms with Crippen LogP contribution in [0.5, 0.6) is 0 Å². The molecular formula is C9H11O4. The number of hydrogen-bond donors (Lipinski definition) is 0. The zero-order valence-corrected chi connectivity index (χ0v) is 7.41. The Kier molecular flexibility index (Phi) is 3.52. The maximum Gasteiger partial charge on any atom is 0.374 e. The van der Waals surface area contributed by atoms with Crippen molar-refractivity contribution in [1.82, 2.24) is 0 Å². The van der Waals surface area contributed by atoms with E-state index >= 15 is 0 Å². The van der Waals surface area contributed by atoms with Crippen molar-refractivity contribution in [3.8, 4) is 0 Å². The van der Waals surface area contributed by atoms with Crippen LogP contribution in [0.2, 0.25) is 0 Å². The average Bonchev–Trinajstić information content (AvgIpc) is 2.54. The van der Waals surface area contributed by atoms with Crippen molar-refractivity contribution < 1.29 is 18.7 Å². The largest absolute Gasteiger partial charge is 0.460 e. The smallest absolute Gasteiger partial charge is 0.374 e. The lowest BCUT2D eigenvalue weighted by Gasteiger charge is -1.96. The van der Waals surface area contributed by atoms with E-state index in [-0.39, 0.29) is 12.4 Å². The van der Waals surface area contributed by atoms with Gasteiger partial charge in [-0.05, 0) is 19.1 Å². The molecule has 0 atom stereocenters. The number of hydrogen-bond acceptors (Lipinski definition) is 4. The highest BCUT2D eigenvalue weighted by atomic mass is 16.5. The Hall–Kier alpha value is -1.29. The molecule has 0 unspecified atom stereocenters. The zero-order chi connectivity index (χ0) is 9.68. The van der Waals surface area contributed by atoms with E-state index in [9.17, 15) is 4.79 Å². The quantitative estimate of drug-likeness (QED) is 0.667. The van der Waals surface area contributed by atoms with Crippen LogP contribution in [0.15, 0.2) is 16.5 Å². The molecule has 0 bridgehead atoms. The van der Waals surface area contributed by atoms with E-state index < -0.39 is 5.97 Å². The molecule has 0 aromatic carbocycles. The van der Waals surface area contributed by atoms with Crippen LogP contribution in [0, 0.1) is 7.11 Å². The second-order valence-electron chi connectivity index (χ2n) is 2.33. The van der Waals surface area contributed by atoms with Gasteiger partial charge < -0.3 is 13.9 Å². The summed E-state index contributed by atoms with van der Waals surface area (Å²) in [4.78, 5) is 11.1. The number of rotatable bonds is 4. The summed E-state index contributed by atoms with van der Waals surface area (Å²) in [7, 11) is 3.20. The van der Waals surface area contributed by atoms with Crippen LogP contribution in [0.25, 0.3) is 0 Å². The van der Waals surface area contributed by atoms with Gasteiger partial charge in [0.25, 0.3) is 0 Å². The number of esters is 1. The first-order chi connectivity index (χ1) is 6.27. The van der Waals surface area contributed by atoms with Gasteiger partial charge in [0.1, 0.15) is 12.4 Å². The van der Waals surface area contributed by atoms with Crippen molar-refractivity contribution >= 4 is 5.97 Å². The van der Waals surface area contributed by atoms with Gasteiger partial charge in [0.15, 0.2) is 0 Å². The maximum absolute atomic E-state index is 11.1. The van der Waals surface area contributed by atoms with Crippen molar-refractivity contribution in [2.75, 3.05) is 6.61 Å². The summed E-state index contributed by atoms with van der Waals surface area (Å²) in [5.41, 5.74) is 0. The van der Waals surface area contributed by atoms with Gasteiger partial charge in [-0.15, -0.1) is 0 Å². The first kappa shape index (κ1) is 9.80. The van der Waals surface area contributed by atoms with E-state index in [1.807, 2.05) is 0 Å². The van der Waals surface area contributed by atoms with Crippen LogP contribution in [0.3, 0.4) is 0 Å². The van der Waals surface area contributed by atoms with E-state index in [0.717, 1.165) is 0 Å². The molecule has 0 aliphatic heterocycles. The second kappa shape index (κ2) is 4.67. The molecule has 1 aromatic heterocycles. The Morgan fingerprint density at radius 1 is 1.62 bits per heavy atom. The molecular weight excluding hydrogens is 172 g/mol. The zero-order valence-electron chi connectivity index (χ0n) is 7.41. The number of ether oxygens (including phenoxy) is 2. The standard InChI is InChI=1S/C9H11O4/c1-3-12-9(10)8-5-4-7(13-8)6-11-2/h4-5H,2-3,6H2,1H3. The van der Waals surface area contributed by atoms with Gasteiger partial charge in [-0.2, -0.15) is 0 Å². The Labute approximate surface area is 76.4 Å². The van der Waals surface area contributed by atoms with Crippen LogP contribution < -0.4 is 0 Å². The Morgan fingerprint density at radius 3 is 3.00 bits per heavy atom. The van der Waals surface area contributed by atoms with Gasteiger partial charge in [0.05, 0.1) is 13.7 Å². The minimum Gasteiger partial charge on any atom is -0.460 e.